The Bertz CT molecular complexity index is 459. The van der Waals surface area contributed by atoms with Gasteiger partial charge in [-0.15, -0.1) is 0 Å². The van der Waals surface area contributed by atoms with Crippen molar-refractivity contribution in [3.05, 3.63) is 23.3 Å². The number of hydrogen-bond acceptors (Lipinski definition) is 4. The molecule has 4 nitrogen and oxygen atoms in total. The van der Waals surface area contributed by atoms with E-state index in [4.69, 9.17) is 9.47 Å². The summed E-state index contributed by atoms with van der Waals surface area (Å²) in [6.45, 7) is 11.2. The minimum atomic E-state index is -0.353. The van der Waals surface area contributed by atoms with Gasteiger partial charge in [0.25, 0.3) is 0 Å². The summed E-state index contributed by atoms with van der Waals surface area (Å²) < 4.78 is 10.4. The standard InChI is InChI=1S/C22H38O4/c1-6-8-12-20(7-2)17-26-22(24)14-13-21(23)25-16-15-19(5)11-9-10-18(3)4/h10,15,20H,6-9,11-14,16-17H2,1-5H3/b19-15-. The molecule has 0 aliphatic rings. The Morgan fingerprint density at radius 1 is 0.923 bits per heavy atom. The highest BCUT2D eigenvalue weighted by molar-refractivity contribution is 5.77. The maximum absolute atomic E-state index is 11.7. The van der Waals surface area contributed by atoms with Gasteiger partial charge in [-0.05, 0) is 52.0 Å². The molecule has 4 heteroatoms. The third-order valence-electron chi connectivity index (χ3n) is 4.32. The summed E-state index contributed by atoms with van der Waals surface area (Å²) in [7, 11) is 0. The molecule has 0 saturated heterocycles. The number of carbonyl (C=O) groups is 2. The first-order valence-electron chi connectivity index (χ1n) is 9.99. The fourth-order valence-corrected chi connectivity index (χ4v) is 2.42. The molecule has 1 atom stereocenters. The molecule has 0 saturated carbocycles. The van der Waals surface area contributed by atoms with E-state index in [1.165, 1.54) is 11.1 Å². The number of allylic oxidation sites excluding steroid dienone is 3. The van der Waals surface area contributed by atoms with E-state index in [1.807, 2.05) is 13.0 Å². The molecule has 0 aromatic heterocycles. The Morgan fingerprint density at radius 2 is 1.58 bits per heavy atom. The Balaban J connectivity index is 3.89. The lowest BCUT2D eigenvalue weighted by atomic mass is 10.0. The number of hydrogen-bond donors (Lipinski definition) is 0. The Hall–Kier alpha value is -1.58. The molecule has 0 aliphatic carbocycles. The Kier molecular flexibility index (Phi) is 14.7. The second kappa shape index (κ2) is 15.7. The van der Waals surface area contributed by atoms with E-state index in [-0.39, 0.29) is 31.4 Å². The number of rotatable bonds is 14. The van der Waals surface area contributed by atoms with Gasteiger partial charge >= 0.3 is 11.9 Å². The van der Waals surface area contributed by atoms with Crippen LogP contribution in [0.25, 0.3) is 0 Å². The third-order valence-corrected chi connectivity index (χ3v) is 4.32. The molecule has 0 rings (SSSR count). The molecule has 1 unspecified atom stereocenters. The molecule has 0 heterocycles. The highest BCUT2D eigenvalue weighted by atomic mass is 16.5. The van der Waals surface area contributed by atoms with Crippen LogP contribution < -0.4 is 0 Å². The van der Waals surface area contributed by atoms with Gasteiger partial charge in [0.2, 0.25) is 0 Å². The maximum Gasteiger partial charge on any atom is 0.306 e. The van der Waals surface area contributed by atoms with E-state index in [0.717, 1.165) is 38.5 Å². The Labute approximate surface area is 160 Å². The first-order valence-corrected chi connectivity index (χ1v) is 9.99. The lowest BCUT2D eigenvalue weighted by molar-refractivity contribution is -0.150. The summed E-state index contributed by atoms with van der Waals surface area (Å²) in [5.74, 6) is -0.246. The highest BCUT2D eigenvalue weighted by Crippen LogP contribution is 2.13. The monoisotopic (exact) mass is 366 g/mol. The van der Waals surface area contributed by atoms with Crippen LogP contribution in [0.3, 0.4) is 0 Å². The molecule has 0 fully saturated rings. The number of unbranched alkanes of at least 4 members (excludes halogenated alkanes) is 1. The van der Waals surface area contributed by atoms with Crippen molar-refractivity contribution >= 4 is 11.9 Å². The number of ether oxygens (including phenoxy) is 2. The molecule has 0 aliphatic heterocycles. The molecule has 0 aromatic rings. The summed E-state index contributed by atoms with van der Waals surface area (Å²) in [6.07, 6.45) is 10.7. The zero-order chi connectivity index (χ0) is 19.8. The van der Waals surface area contributed by atoms with E-state index in [2.05, 4.69) is 33.8 Å². The summed E-state index contributed by atoms with van der Waals surface area (Å²) in [4.78, 5) is 23.4. The van der Waals surface area contributed by atoms with Crippen molar-refractivity contribution in [1.82, 2.24) is 0 Å². The first-order chi connectivity index (χ1) is 12.4. The summed E-state index contributed by atoms with van der Waals surface area (Å²) in [5, 5.41) is 0. The van der Waals surface area contributed by atoms with Crippen LogP contribution in [0.4, 0.5) is 0 Å². The van der Waals surface area contributed by atoms with Gasteiger partial charge in [0.15, 0.2) is 0 Å². The van der Waals surface area contributed by atoms with Crippen molar-refractivity contribution in [2.24, 2.45) is 5.92 Å². The van der Waals surface area contributed by atoms with Crippen LogP contribution in [-0.2, 0) is 19.1 Å². The van der Waals surface area contributed by atoms with Crippen LogP contribution in [0.2, 0.25) is 0 Å². The normalized spacial score (nSPS) is 12.4. The predicted molar refractivity (Wildman–Crippen MR) is 107 cm³/mol. The van der Waals surface area contributed by atoms with Gasteiger partial charge in [0, 0.05) is 0 Å². The average molecular weight is 367 g/mol. The van der Waals surface area contributed by atoms with E-state index in [9.17, 15) is 9.59 Å². The summed E-state index contributed by atoms with van der Waals surface area (Å²) >= 11 is 0. The van der Waals surface area contributed by atoms with E-state index in [1.54, 1.807) is 0 Å². The van der Waals surface area contributed by atoms with Gasteiger partial charge < -0.3 is 9.47 Å². The van der Waals surface area contributed by atoms with Gasteiger partial charge in [0.1, 0.15) is 6.61 Å². The highest BCUT2D eigenvalue weighted by Gasteiger charge is 2.12. The van der Waals surface area contributed by atoms with E-state index < -0.39 is 0 Å². The quantitative estimate of drug-likeness (QED) is 0.289. The SMILES string of the molecule is CCCCC(CC)COC(=O)CCC(=O)OC/C=C(/C)CCC=C(C)C. The van der Waals surface area contributed by atoms with Gasteiger partial charge in [-0.1, -0.05) is 50.3 Å². The molecule has 0 bridgehead atoms. The zero-order valence-electron chi connectivity index (χ0n) is 17.4. The second-order valence-corrected chi connectivity index (χ2v) is 7.15. The van der Waals surface area contributed by atoms with Crippen molar-refractivity contribution in [3.63, 3.8) is 0 Å². The largest absolute Gasteiger partial charge is 0.465 e. The van der Waals surface area contributed by atoms with Crippen LogP contribution in [0, 0.1) is 5.92 Å². The van der Waals surface area contributed by atoms with Crippen molar-refractivity contribution in [2.75, 3.05) is 13.2 Å². The molecule has 0 amide bonds. The second-order valence-electron chi connectivity index (χ2n) is 7.15. The zero-order valence-corrected chi connectivity index (χ0v) is 17.4. The van der Waals surface area contributed by atoms with Crippen molar-refractivity contribution in [1.29, 1.82) is 0 Å². The molecule has 0 N–H and O–H groups in total. The Morgan fingerprint density at radius 3 is 2.15 bits per heavy atom. The minimum absolute atomic E-state index is 0.0786. The molecular weight excluding hydrogens is 328 g/mol. The first kappa shape index (κ1) is 24.4. The number of esters is 2. The maximum atomic E-state index is 11.7. The van der Waals surface area contributed by atoms with Crippen LogP contribution in [0.5, 0.6) is 0 Å². The molecule has 150 valence electrons. The van der Waals surface area contributed by atoms with Crippen LogP contribution in [0.15, 0.2) is 23.3 Å². The van der Waals surface area contributed by atoms with Crippen molar-refractivity contribution in [3.8, 4) is 0 Å². The summed E-state index contributed by atoms with van der Waals surface area (Å²) in [5.41, 5.74) is 2.51. The van der Waals surface area contributed by atoms with Gasteiger partial charge in [-0.2, -0.15) is 0 Å². The molecular formula is C22H38O4. The third kappa shape index (κ3) is 14.7. The predicted octanol–water partition coefficient (Wildman–Crippen LogP) is 5.76. The fourth-order valence-electron chi connectivity index (χ4n) is 2.42. The van der Waals surface area contributed by atoms with Crippen molar-refractivity contribution < 1.29 is 19.1 Å². The average Bonchev–Trinajstić information content (AvgIpc) is 2.59. The van der Waals surface area contributed by atoms with Crippen LogP contribution >= 0.6 is 0 Å². The van der Waals surface area contributed by atoms with Crippen molar-refractivity contribution in [2.45, 2.75) is 86.0 Å². The molecule has 0 radical (unpaired) electrons. The summed E-state index contributed by atoms with van der Waals surface area (Å²) in [6, 6.07) is 0. The van der Waals surface area contributed by atoms with E-state index in [0.29, 0.717) is 12.5 Å². The van der Waals surface area contributed by atoms with Crippen LogP contribution in [0.1, 0.15) is 86.0 Å². The molecule has 0 spiro atoms. The molecule has 26 heavy (non-hydrogen) atoms. The topological polar surface area (TPSA) is 52.6 Å². The van der Waals surface area contributed by atoms with Gasteiger partial charge in [-0.3, -0.25) is 9.59 Å². The van der Waals surface area contributed by atoms with Gasteiger partial charge in [0.05, 0.1) is 19.4 Å². The lowest BCUT2D eigenvalue weighted by Gasteiger charge is -2.14. The van der Waals surface area contributed by atoms with Crippen LogP contribution in [-0.4, -0.2) is 25.2 Å². The fraction of sp³-hybridized carbons (Fsp3) is 0.727. The smallest absolute Gasteiger partial charge is 0.306 e. The number of carbonyl (C=O) groups excluding carboxylic acids is 2. The molecule has 0 aromatic carbocycles. The minimum Gasteiger partial charge on any atom is -0.465 e. The lowest BCUT2D eigenvalue weighted by Crippen LogP contribution is -2.15. The van der Waals surface area contributed by atoms with E-state index >= 15 is 0 Å². The van der Waals surface area contributed by atoms with Gasteiger partial charge in [-0.25, -0.2) is 0 Å².